The molecule has 16 heavy (non-hydrogen) atoms. The number of amides is 1. The molecule has 0 aliphatic heterocycles. The first-order chi connectivity index (χ1) is 7.66. The molecule has 0 saturated heterocycles. The van der Waals surface area contributed by atoms with Gasteiger partial charge < -0.3 is 14.3 Å². The Kier molecular flexibility index (Phi) is 2.67. The number of aryl methyl sites for hydroxylation is 1. The van der Waals surface area contributed by atoms with Crippen LogP contribution in [0.25, 0.3) is 0 Å². The third-order valence-electron chi connectivity index (χ3n) is 1.99. The minimum atomic E-state index is -0.221. The summed E-state index contributed by atoms with van der Waals surface area (Å²) in [6.07, 6.45) is 3.12. The van der Waals surface area contributed by atoms with Crippen LogP contribution in [0.4, 0.5) is 0 Å². The van der Waals surface area contributed by atoms with E-state index in [4.69, 9.17) is 4.42 Å². The van der Waals surface area contributed by atoms with Crippen molar-refractivity contribution in [1.29, 1.82) is 0 Å². The molecule has 0 bridgehead atoms. The van der Waals surface area contributed by atoms with Crippen molar-refractivity contribution in [3.05, 3.63) is 30.0 Å². The van der Waals surface area contributed by atoms with E-state index in [1.54, 1.807) is 20.2 Å². The van der Waals surface area contributed by atoms with Crippen LogP contribution in [-0.2, 0) is 6.54 Å². The predicted octanol–water partition coefficient (Wildman–Crippen LogP) is 0.373. The van der Waals surface area contributed by atoms with Gasteiger partial charge in [0.25, 0.3) is 5.91 Å². The summed E-state index contributed by atoms with van der Waals surface area (Å²) in [4.78, 5) is 19.8. The minimum absolute atomic E-state index is 0.221. The monoisotopic (exact) mass is 221 g/mol. The minimum Gasteiger partial charge on any atom is -0.424 e. The van der Waals surface area contributed by atoms with Crippen LogP contribution in [-0.4, -0.2) is 38.0 Å². The van der Waals surface area contributed by atoms with Crippen LogP contribution >= 0.6 is 0 Å². The summed E-state index contributed by atoms with van der Waals surface area (Å²) in [6.45, 7) is 1.96. The van der Waals surface area contributed by atoms with Crippen molar-refractivity contribution < 1.29 is 9.21 Å². The zero-order valence-electron chi connectivity index (χ0n) is 8.97. The highest BCUT2D eigenvalue weighted by molar-refractivity contribution is 5.90. The van der Waals surface area contributed by atoms with E-state index in [-0.39, 0.29) is 12.5 Å². The largest absolute Gasteiger partial charge is 0.424 e. The van der Waals surface area contributed by atoms with Gasteiger partial charge in [-0.1, -0.05) is 0 Å². The highest BCUT2D eigenvalue weighted by atomic mass is 16.4. The Labute approximate surface area is 91.5 Å². The standard InChI is InChI=1S/C9H11N5O2/c1-6-12-13-7(16-6)5-14(2)9(15)8-10-3-4-11-8/h3-4H,5H2,1-2H3,(H,10,11). The van der Waals surface area contributed by atoms with Gasteiger partial charge in [0.05, 0.1) is 6.54 Å². The van der Waals surface area contributed by atoms with Crippen LogP contribution in [0.1, 0.15) is 22.4 Å². The molecule has 2 aromatic rings. The molecule has 7 nitrogen and oxygen atoms in total. The van der Waals surface area contributed by atoms with Crippen LogP contribution in [0.5, 0.6) is 0 Å². The summed E-state index contributed by atoms with van der Waals surface area (Å²) in [5.74, 6) is 0.952. The Balaban J connectivity index is 2.03. The number of imidazole rings is 1. The topological polar surface area (TPSA) is 87.9 Å². The summed E-state index contributed by atoms with van der Waals surface area (Å²) >= 11 is 0. The highest BCUT2D eigenvalue weighted by Gasteiger charge is 2.16. The van der Waals surface area contributed by atoms with Crippen LogP contribution in [0.3, 0.4) is 0 Å². The van der Waals surface area contributed by atoms with E-state index >= 15 is 0 Å². The van der Waals surface area contributed by atoms with Crippen molar-refractivity contribution in [2.24, 2.45) is 0 Å². The lowest BCUT2D eigenvalue weighted by Crippen LogP contribution is -2.27. The van der Waals surface area contributed by atoms with Gasteiger partial charge in [-0.2, -0.15) is 0 Å². The molecule has 1 N–H and O–H groups in total. The number of rotatable bonds is 3. The van der Waals surface area contributed by atoms with Gasteiger partial charge >= 0.3 is 0 Å². The van der Waals surface area contributed by atoms with Gasteiger partial charge in [-0.05, 0) is 0 Å². The number of nitrogens with zero attached hydrogens (tertiary/aromatic N) is 4. The number of nitrogens with one attached hydrogen (secondary N) is 1. The predicted molar refractivity (Wildman–Crippen MR) is 53.4 cm³/mol. The zero-order chi connectivity index (χ0) is 11.5. The summed E-state index contributed by atoms with van der Waals surface area (Å²) in [7, 11) is 1.64. The van der Waals surface area contributed by atoms with Crippen molar-refractivity contribution >= 4 is 5.91 Å². The number of aromatic amines is 1. The maximum atomic E-state index is 11.8. The first kappa shape index (κ1) is 10.3. The molecule has 0 aliphatic carbocycles. The molecular formula is C9H11N5O2. The van der Waals surface area contributed by atoms with Gasteiger partial charge in [-0.25, -0.2) is 4.98 Å². The molecule has 1 amide bonds. The molecule has 0 atom stereocenters. The maximum Gasteiger partial charge on any atom is 0.289 e. The van der Waals surface area contributed by atoms with Crippen LogP contribution in [0, 0.1) is 6.92 Å². The Bertz CT molecular complexity index is 476. The van der Waals surface area contributed by atoms with Gasteiger partial charge in [0.15, 0.2) is 5.82 Å². The SMILES string of the molecule is Cc1nnc(CN(C)C(=O)c2ncc[nH]2)o1. The molecule has 2 aromatic heterocycles. The smallest absolute Gasteiger partial charge is 0.289 e. The first-order valence-corrected chi connectivity index (χ1v) is 4.70. The Morgan fingerprint density at radius 1 is 1.56 bits per heavy atom. The van der Waals surface area contributed by atoms with E-state index in [1.807, 2.05) is 0 Å². The molecule has 2 heterocycles. The Morgan fingerprint density at radius 2 is 2.38 bits per heavy atom. The molecule has 0 saturated carbocycles. The Hall–Kier alpha value is -2.18. The normalized spacial score (nSPS) is 10.4. The number of H-pyrrole nitrogens is 1. The van der Waals surface area contributed by atoms with E-state index in [2.05, 4.69) is 20.2 Å². The summed E-state index contributed by atoms with van der Waals surface area (Å²) < 4.78 is 5.17. The van der Waals surface area contributed by atoms with Crippen LogP contribution in [0.2, 0.25) is 0 Å². The van der Waals surface area contributed by atoms with Gasteiger partial charge in [-0.15, -0.1) is 10.2 Å². The maximum absolute atomic E-state index is 11.8. The molecule has 0 unspecified atom stereocenters. The van der Waals surface area contributed by atoms with E-state index in [1.165, 1.54) is 11.1 Å². The lowest BCUT2D eigenvalue weighted by atomic mass is 10.4. The molecule has 84 valence electrons. The fourth-order valence-electron chi connectivity index (χ4n) is 1.24. The van der Waals surface area contributed by atoms with E-state index in [9.17, 15) is 4.79 Å². The van der Waals surface area contributed by atoms with E-state index in [0.29, 0.717) is 17.6 Å². The number of aromatic nitrogens is 4. The molecule has 0 aliphatic rings. The fraction of sp³-hybridized carbons (Fsp3) is 0.333. The lowest BCUT2D eigenvalue weighted by Gasteiger charge is -2.12. The fourth-order valence-corrected chi connectivity index (χ4v) is 1.24. The molecule has 0 fully saturated rings. The van der Waals surface area contributed by atoms with Crippen molar-refractivity contribution in [2.45, 2.75) is 13.5 Å². The summed E-state index contributed by atoms with van der Waals surface area (Å²) in [5, 5.41) is 7.49. The molecule has 2 rings (SSSR count). The first-order valence-electron chi connectivity index (χ1n) is 4.70. The van der Waals surface area contributed by atoms with Gasteiger partial charge in [0, 0.05) is 26.4 Å². The van der Waals surface area contributed by atoms with Gasteiger partial charge in [-0.3, -0.25) is 4.79 Å². The number of carbonyl (C=O) groups excluding carboxylic acids is 1. The van der Waals surface area contributed by atoms with Crippen molar-refractivity contribution in [3.8, 4) is 0 Å². The van der Waals surface area contributed by atoms with Gasteiger partial charge in [0.2, 0.25) is 11.8 Å². The number of carbonyl (C=O) groups is 1. The summed E-state index contributed by atoms with van der Waals surface area (Å²) in [5.41, 5.74) is 0. The third kappa shape index (κ3) is 2.08. The van der Waals surface area contributed by atoms with Crippen molar-refractivity contribution in [3.63, 3.8) is 0 Å². The number of hydrogen-bond donors (Lipinski definition) is 1. The molecule has 7 heteroatoms. The average molecular weight is 221 g/mol. The van der Waals surface area contributed by atoms with E-state index < -0.39 is 0 Å². The molecule has 0 radical (unpaired) electrons. The second-order valence-corrected chi connectivity index (χ2v) is 3.31. The van der Waals surface area contributed by atoms with Crippen LogP contribution < -0.4 is 0 Å². The third-order valence-corrected chi connectivity index (χ3v) is 1.99. The number of hydrogen-bond acceptors (Lipinski definition) is 5. The van der Waals surface area contributed by atoms with Crippen LogP contribution in [0.15, 0.2) is 16.8 Å². The second kappa shape index (κ2) is 4.13. The molecule has 0 spiro atoms. The molecular weight excluding hydrogens is 210 g/mol. The summed E-state index contributed by atoms with van der Waals surface area (Å²) in [6, 6.07) is 0. The van der Waals surface area contributed by atoms with Crippen molar-refractivity contribution in [1.82, 2.24) is 25.1 Å². The Morgan fingerprint density at radius 3 is 2.94 bits per heavy atom. The average Bonchev–Trinajstić information content (AvgIpc) is 2.88. The van der Waals surface area contributed by atoms with E-state index in [0.717, 1.165) is 0 Å². The highest BCUT2D eigenvalue weighted by Crippen LogP contribution is 2.04. The quantitative estimate of drug-likeness (QED) is 0.809. The van der Waals surface area contributed by atoms with Crippen molar-refractivity contribution in [2.75, 3.05) is 7.05 Å². The molecule has 0 aromatic carbocycles. The van der Waals surface area contributed by atoms with Gasteiger partial charge in [0.1, 0.15) is 0 Å². The second-order valence-electron chi connectivity index (χ2n) is 3.31. The zero-order valence-corrected chi connectivity index (χ0v) is 8.97. The lowest BCUT2D eigenvalue weighted by molar-refractivity contribution is 0.0761.